The Kier molecular flexibility index (Phi) is 6.03. The molecule has 3 aromatic rings. The first kappa shape index (κ1) is 21.4. The van der Waals surface area contributed by atoms with Crippen molar-refractivity contribution in [3.05, 3.63) is 79.0 Å². The number of ether oxygens (including phenoxy) is 3. The zero-order valence-electron chi connectivity index (χ0n) is 17.1. The van der Waals surface area contributed by atoms with Gasteiger partial charge in [-0.2, -0.15) is 5.10 Å². The van der Waals surface area contributed by atoms with E-state index in [0.717, 1.165) is 5.69 Å². The molecule has 0 saturated carbocycles. The first-order valence-electron chi connectivity index (χ1n) is 9.62. The van der Waals surface area contributed by atoms with Gasteiger partial charge in [-0.25, -0.2) is 17.8 Å². The molecule has 2 atom stereocenters. The summed E-state index contributed by atoms with van der Waals surface area (Å²) in [5.74, 6) is -1.25. The Hall–Kier alpha value is -2.82. The monoisotopic (exact) mass is 441 g/mol. The highest BCUT2D eigenvalue weighted by atomic mass is 32.2. The SMILES string of the molecule is COC1C=CC(CNS(=O)(=O)c2cn(-c3ccccc3)nc2-c2ccccc2)(OC)O1. The summed E-state index contributed by atoms with van der Waals surface area (Å²) in [5, 5.41) is 4.56. The summed E-state index contributed by atoms with van der Waals surface area (Å²) in [4.78, 5) is 0.0547. The molecule has 2 heterocycles. The van der Waals surface area contributed by atoms with E-state index in [9.17, 15) is 8.42 Å². The maximum absolute atomic E-state index is 13.3. The Morgan fingerprint density at radius 2 is 1.77 bits per heavy atom. The van der Waals surface area contributed by atoms with E-state index in [1.807, 2.05) is 60.7 Å². The molecular weight excluding hydrogens is 418 g/mol. The van der Waals surface area contributed by atoms with Crippen LogP contribution < -0.4 is 4.72 Å². The molecule has 1 aromatic heterocycles. The molecule has 0 amide bonds. The molecule has 8 nitrogen and oxygen atoms in total. The van der Waals surface area contributed by atoms with Crippen molar-refractivity contribution < 1.29 is 22.6 Å². The fourth-order valence-electron chi connectivity index (χ4n) is 3.25. The van der Waals surface area contributed by atoms with E-state index in [0.29, 0.717) is 11.3 Å². The summed E-state index contributed by atoms with van der Waals surface area (Å²) in [6, 6.07) is 18.5. The molecule has 2 aromatic carbocycles. The van der Waals surface area contributed by atoms with Crippen molar-refractivity contribution in [3.8, 4) is 16.9 Å². The number of hydrogen-bond acceptors (Lipinski definition) is 6. The number of aromatic nitrogens is 2. The van der Waals surface area contributed by atoms with E-state index in [1.54, 1.807) is 16.8 Å². The van der Waals surface area contributed by atoms with Gasteiger partial charge in [0.05, 0.1) is 18.4 Å². The summed E-state index contributed by atoms with van der Waals surface area (Å²) in [6.07, 6.45) is 4.20. The van der Waals surface area contributed by atoms with E-state index >= 15 is 0 Å². The first-order valence-corrected chi connectivity index (χ1v) is 11.1. The minimum absolute atomic E-state index is 0.0547. The van der Waals surface area contributed by atoms with Gasteiger partial charge < -0.3 is 14.2 Å². The van der Waals surface area contributed by atoms with Crippen LogP contribution >= 0.6 is 0 Å². The minimum Gasteiger partial charge on any atom is -0.352 e. The Morgan fingerprint density at radius 3 is 2.39 bits per heavy atom. The number of para-hydroxylation sites is 1. The molecule has 0 spiro atoms. The maximum atomic E-state index is 13.3. The minimum atomic E-state index is -3.95. The largest absolute Gasteiger partial charge is 0.352 e. The standard InChI is InChI=1S/C22H23N3O5S/c1-28-20-13-14-22(29-2,30-20)16-23-31(26,27)19-15-25(18-11-7-4-8-12-18)24-21(19)17-9-5-3-6-10-17/h3-15,20,23H,16H2,1-2H3. The average molecular weight is 442 g/mol. The zero-order valence-corrected chi connectivity index (χ0v) is 18.0. The Balaban J connectivity index is 1.68. The van der Waals surface area contributed by atoms with Crippen LogP contribution in [0.15, 0.2) is 83.9 Å². The second kappa shape index (κ2) is 8.74. The Bertz CT molecular complexity index is 1160. The van der Waals surface area contributed by atoms with Gasteiger partial charge in [-0.05, 0) is 24.3 Å². The van der Waals surface area contributed by atoms with Crippen LogP contribution in [-0.4, -0.2) is 51.0 Å². The van der Waals surface area contributed by atoms with Crippen molar-refractivity contribution in [2.24, 2.45) is 0 Å². The lowest BCUT2D eigenvalue weighted by Gasteiger charge is -2.27. The van der Waals surface area contributed by atoms with Crippen LogP contribution in [0.2, 0.25) is 0 Å². The first-order chi connectivity index (χ1) is 15.0. The van der Waals surface area contributed by atoms with Gasteiger partial charge in [0.2, 0.25) is 15.8 Å². The molecule has 0 bridgehead atoms. The molecule has 9 heteroatoms. The maximum Gasteiger partial charge on any atom is 0.244 e. The Labute approximate surface area is 181 Å². The van der Waals surface area contributed by atoms with Crippen molar-refractivity contribution in [3.63, 3.8) is 0 Å². The number of benzene rings is 2. The van der Waals surface area contributed by atoms with Crippen LogP contribution in [-0.2, 0) is 24.2 Å². The smallest absolute Gasteiger partial charge is 0.244 e. The quantitative estimate of drug-likeness (QED) is 0.541. The van der Waals surface area contributed by atoms with Gasteiger partial charge in [0.15, 0.2) is 6.29 Å². The number of nitrogens with one attached hydrogen (secondary N) is 1. The number of nitrogens with zero attached hydrogens (tertiary/aromatic N) is 2. The van der Waals surface area contributed by atoms with Crippen molar-refractivity contribution >= 4 is 10.0 Å². The molecule has 0 aliphatic carbocycles. The van der Waals surface area contributed by atoms with Crippen molar-refractivity contribution in [2.75, 3.05) is 20.8 Å². The predicted molar refractivity (Wildman–Crippen MR) is 115 cm³/mol. The van der Waals surface area contributed by atoms with Crippen molar-refractivity contribution in [1.82, 2.24) is 14.5 Å². The van der Waals surface area contributed by atoms with Gasteiger partial charge in [0.1, 0.15) is 10.6 Å². The number of hydrogen-bond donors (Lipinski definition) is 1. The van der Waals surface area contributed by atoms with E-state index < -0.39 is 22.1 Å². The number of rotatable bonds is 8. The highest BCUT2D eigenvalue weighted by molar-refractivity contribution is 7.89. The van der Waals surface area contributed by atoms with Gasteiger partial charge in [-0.15, -0.1) is 0 Å². The lowest BCUT2D eigenvalue weighted by Crippen LogP contribution is -2.44. The average Bonchev–Trinajstić information content (AvgIpc) is 3.45. The summed E-state index contributed by atoms with van der Waals surface area (Å²) in [6.45, 7) is -0.132. The fourth-order valence-corrected chi connectivity index (χ4v) is 4.45. The molecule has 1 aliphatic rings. The molecule has 1 N–H and O–H groups in total. The number of sulfonamides is 1. The van der Waals surface area contributed by atoms with Gasteiger partial charge in [-0.1, -0.05) is 48.5 Å². The second-order valence-corrected chi connectivity index (χ2v) is 8.65. The molecule has 1 aliphatic heterocycles. The zero-order chi connectivity index (χ0) is 21.9. The summed E-state index contributed by atoms with van der Waals surface area (Å²) in [5.41, 5.74) is 1.79. The van der Waals surface area contributed by atoms with Crippen LogP contribution in [0, 0.1) is 0 Å². The predicted octanol–water partition coefficient (Wildman–Crippen LogP) is 2.72. The highest BCUT2D eigenvalue weighted by Crippen LogP contribution is 2.29. The van der Waals surface area contributed by atoms with Gasteiger partial charge in [0.25, 0.3) is 0 Å². The molecule has 2 unspecified atom stereocenters. The molecule has 0 saturated heterocycles. The van der Waals surface area contributed by atoms with Crippen LogP contribution in [0.25, 0.3) is 16.9 Å². The van der Waals surface area contributed by atoms with Crippen molar-refractivity contribution in [2.45, 2.75) is 17.0 Å². The topological polar surface area (TPSA) is 91.7 Å². The third kappa shape index (κ3) is 4.46. The van der Waals surface area contributed by atoms with Crippen molar-refractivity contribution in [1.29, 1.82) is 0 Å². The molecule has 0 fully saturated rings. The Morgan fingerprint density at radius 1 is 1.10 bits per heavy atom. The van der Waals surface area contributed by atoms with Crippen LogP contribution in [0.1, 0.15) is 0 Å². The molecule has 31 heavy (non-hydrogen) atoms. The summed E-state index contributed by atoms with van der Waals surface area (Å²) < 4.78 is 47.0. The molecule has 0 radical (unpaired) electrons. The lowest BCUT2D eigenvalue weighted by molar-refractivity contribution is -0.237. The normalized spacial score (nSPS) is 20.9. The third-order valence-corrected chi connectivity index (χ3v) is 6.35. The van der Waals surface area contributed by atoms with Crippen LogP contribution in [0.5, 0.6) is 0 Å². The van der Waals surface area contributed by atoms with Gasteiger partial charge >= 0.3 is 0 Å². The van der Waals surface area contributed by atoms with Gasteiger partial charge in [0, 0.05) is 19.8 Å². The fraction of sp³-hybridized carbons (Fsp3) is 0.227. The lowest BCUT2D eigenvalue weighted by atomic mass is 10.2. The third-order valence-electron chi connectivity index (χ3n) is 4.95. The molecule has 162 valence electrons. The van der Waals surface area contributed by atoms with E-state index in [4.69, 9.17) is 14.2 Å². The summed E-state index contributed by atoms with van der Waals surface area (Å²) in [7, 11) is -1.02. The van der Waals surface area contributed by atoms with Crippen LogP contribution in [0.3, 0.4) is 0 Å². The van der Waals surface area contributed by atoms with E-state index in [1.165, 1.54) is 20.4 Å². The molecular formula is C22H23N3O5S. The van der Waals surface area contributed by atoms with Gasteiger partial charge in [-0.3, -0.25) is 0 Å². The number of methoxy groups -OCH3 is 2. The highest BCUT2D eigenvalue weighted by Gasteiger charge is 2.38. The van der Waals surface area contributed by atoms with Crippen LogP contribution in [0.4, 0.5) is 0 Å². The summed E-state index contributed by atoms with van der Waals surface area (Å²) >= 11 is 0. The van der Waals surface area contributed by atoms with E-state index in [-0.39, 0.29) is 11.4 Å². The second-order valence-electron chi connectivity index (χ2n) is 6.91. The molecule has 4 rings (SSSR count). The van der Waals surface area contributed by atoms with E-state index in [2.05, 4.69) is 9.82 Å².